The highest BCUT2D eigenvalue weighted by Gasteiger charge is 2.12. The third kappa shape index (κ3) is 3.75. The standard InChI is InChI=1S/C13H17NO3/c1-15-12-4-2-11(3-5-12)10-16-9-7-13-6-8-14-17-13/h2-5,8,13H,6-7,9-10H2,1H3/t13-/m0/s1. The van der Waals surface area contributed by atoms with Crippen molar-refractivity contribution in [3.05, 3.63) is 29.8 Å². The molecule has 1 aromatic rings. The van der Waals surface area contributed by atoms with Crippen molar-refractivity contribution >= 4 is 6.21 Å². The molecule has 17 heavy (non-hydrogen) atoms. The Morgan fingerprint density at radius 1 is 1.35 bits per heavy atom. The molecule has 0 aliphatic carbocycles. The third-order valence-electron chi connectivity index (χ3n) is 2.66. The lowest BCUT2D eigenvalue weighted by atomic mass is 10.2. The van der Waals surface area contributed by atoms with E-state index in [0.717, 1.165) is 24.2 Å². The van der Waals surface area contributed by atoms with Crippen LogP contribution in [0, 0.1) is 0 Å². The largest absolute Gasteiger partial charge is 0.497 e. The van der Waals surface area contributed by atoms with Gasteiger partial charge in [-0.05, 0) is 17.7 Å². The molecule has 1 aromatic carbocycles. The van der Waals surface area contributed by atoms with Crippen LogP contribution in [0.3, 0.4) is 0 Å². The summed E-state index contributed by atoms with van der Waals surface area (Å²) in [6.45, 7) is 1.32. The van der Waals surface area contributed by atoms with E-state index in [2.05, 4.69) is 5.16 Å². The Balaban J connectivity index is 1.63. The molecule has 0 radical (unpaired) electrons. The lowest BCUT2D eigenvalue weighted by molar-refractivity contribution is 0.0391. The summed E-state index contributed by atoms with van der Waals surface area (Å²) in [7, 11) is 1.66. The quantitative estimate of drug-likeness (QED) is 0.711. The molecule has 92 valence electrons. The van der Waals surface area contributed by atoms with Gasteiger partial charge in [0, 0.05) is 19.1 Å². The van der Waals surface area contributed by atoms with Gasteiger partial charge in [-0.3, -0.25) is 0 Å². The molecule has 0 fully saturated rings. The molecular formula is C13H17NO3. The van der Waals surface area contributed by atoms with Gasteiger partial charge in [-0.15, -0.1) is 0 Å². The summed E-state index contributed by atoms with van der Waals surface area (Å²) < 4.78 is 10.7. The molecule has 0 amide bonds. The second-order valence-corrected chi connectivity index (χ2v) is 3.94. The Morgan fingerprint density at radius 3 is 2.82 bits per heavy atom. The normalized spacial score (nSPS) is 18.1. The fourth-order valence-corrected chi connectivity index (χ4v) is 1.63. The van der Waals surface area contributed by atoms with Crippen molar-refractivity contribution in [2.24, 2.45) is 5.16 Å². The van der Waals surface area contributed by atoms with Crippen molar-refractivity contribution in [2.75, 3.05) is 13.7 Å². The first-order valence-corrected chi connectivity index (χ1v) is 5.77. The molecule has 4 nitrogen and oxygen atoms in total. The molecule has 0 N–H and O–H groups in total. The van der Waals surface area contributed by atoms with E-state index in [1.54, 1.807) is 13.3 Å². The average molecular weight is 235 g/mol. The predicted molar refractivity (Wildman–Crippen MR) is 65.2 cm³/mol. The molecular weight excluding hydrogens is 218 g/mol. The van der Waals surface area contributed by atoms with Crippen molar-refractivity contribution in [2.45, 2.75) is 25.6 Å². The van der Waals surface area contributed by atoms with Crippen LogP contribution in [0.25, 0.3) is 0 Å². The summed E-state index contributed by atoms with van der Waals surface area (Å²) in [4.78, 5) is 5.11. The van der Waals surface area contributed by atoms with E-state index in [1.165, 1.54) is 0 Å². The lowest BCUT2D eigenvalue weighted by Gasteiger charge is -2.08. The van der Waals surface area contributed by atoms with Gasteiger partial charge in [0.25, 0.3) is 0 Å². The Labute approximate surface area is 101 Å². The molecule has 1 aliphatic rings. The zero-order valence-corrected chi connectivity index (χ0v) is 9.96. The van der Waals surface area contributed by atoms with Crippen molar-refractivity contribution in [3.8, 4) is 5.75 Å². The topological polar surface area (TPSA) is 40.0 Å². The van der Waals surface area contributed by atoms with Crippen LogP contribution in [-0.4, -0.2) is 26.0 Å². The number of hydrogen-bond donors (Lipinski definition) is 0. The predicted octanol–water partition coefficient (Wildman–Crippen LogP) is 2.38. The number of benzene rings is 1. The lowest BCUT2D eigenvalue weighted by Crippen LogP contribution is -2.09. The fourth-order valence-electron chi connectivity index (χ4n) is 1.63. The van der Waals surface area contributed by atoms with Gasteiger partial charge >= 0.3 is 0 Å². The fraction of sp³-hybridized carbons (Fsp3) is 0.462. The van der Waals surface area contributed by atoms with E-state index in [-0.39, 0.29) is 6.10 Å². The molecule has 1 atom stereocenters. The zero-order valence-electron chi connectivity index (χ0n) is 9.96. The Kier molecular flexibility index (Phi) is 4.38. The molecule has 0 saturated carbocycles. The van der Waals surface area contributed by atoms with Gasteiger partial charge in [0.15, 0.2) is 0 Å². The number of rotatable bonds is 6. The minimum absolute atomic E-state index is 0.200. The van der Waals surface area contributed by atoms with E-state index in [0.29, 0.717) is 13.2 Å². The Morgan fingerprint density at radius 2 is 2.18 bits per heavy atom. The monoisotopic (exact) mass is 235 g/mol. The van der Waals surface area contributed by atoms with Crippen LogP contribution in [0.1, 0.15) is 18.4 Å². The first-order valence-electron chi connectivity index (χ1n) is 5.77. The summed E-state index contributed by atoms with van der Waals surface area (Å²) in [6.07, 6.45) is 3.78. The van der Waals surface area contributed by atoms with Gasteiger partial charge in [0.1, 0.15) is 11.9 Å². The van der Waals surface area contributed by atoms with Crippen LogP contribution in [0.15, 0.2) is 29.4 Å². The smallest absolute Gasteiger partial charge is 0.134 e. The maximum atomic E-state index is 5.58. The van der Waals surface area contributed by atoms with E-state index in [1.807, 2.05) is 24.3 Å². The van der Waals surface area contributed by atoms with Gasteiger partial charge in [-0.1, -0.05) is 17.3 Å². The zero-order chi connectivity index (χ0) is 11.9. The molecule has 2 rings (SSSR count). The van der Waals surface area contributed by atoms with Gasteiger partial charge in [0.2, 0.25) is 0 Å². The molecule has 0 spiro atoms. The van der Waals surface area contributed by atoms with E-state index in [4.69, 9.17) is 14.3 Å². The minimum atomic E-state index is 0.200. The maximum absolute atomic E-state index is 5.58. The number of ether oxygens (including phenoxy) is 2. The van der Waals surface area contributed by atoms with Crippen molar-refractivity contribution in [1.82, 2.24) is 0 Å². The Bertz CT molecular complexity index is 353. The number of nitrogens with zero attached hydrogens (tertiary/aromatic N) is 1. The second-order valence-electron chi connectivity index (χ2n) is 3.94. The number of methoxy groups -OCH3 is 1. The van der Waals surface area contributed by atoms with Crippen molar-refractivity contribution in [1.29, 1.82) is 0 Å². The molecule has 0 unspecified atom stereocenters. The third-order valence-corrected chi connectivity index (χ3v) is 2.66. The highest BCUT2D eigenvalue weighted by atomic mass is 16.6. The van der Waals surface area contributed by atoms with E-state index < -0.39 is 0 Å². The SMILES string of the molecule is COc1ccc(COCC[C@@H]2CC=NO2)cc1. The number of hydrogen-bond acceptors (Lipinski definition) is 4. The van der Waals surface area contributed by atoms with E-state index in [9.17, 15) is 0 Å². The highest BCUT2D eigenvalue weighted by Crippen LogP contribution is 2.13. The van der Waals surface area contributed by atoms with Crippen LogP contribution < -0.4 is 4.74 Å². The number of oxime groups is 1. The van der Waals surface area contributed by atoms with E-state index >= 15 is 0 Å². The summed E-state index contributed by atoms with van der Waals surface area (Å²) in [6, 6.07) is 7.89. The maximum Gasteiger partial charge on any atom is 0.134 e. The molecule has 0 saturated heterocycles. The van der Waals surface area contributed by atoms with Crippen molar-refractivity contribution < 1.29 is 14.3 Å². The molecule has 1 aliphatic heterocycles. The molecule has 4 heteroatoms. The summed E-state index contributed by atoms with van der Waals surface area (Å²) in [5.41, 5.74) is 1.15. The summed E-state index contributed by atoms with van der Waals surface area (Å²) in [5.74, 6) is 0.866. The van der Waals surface area contributed by atoms with Gasteiger partial charge in [0.05, 0.1) is 20.3 Å². The minimum Gasteiger partial charge on any atom is -0.497 e. The summed E-state index contributed by atoms with van der Waals surface area (Å²) >= 11 is 0. The first-order chi connectivity index (χ1) is 8.38. The average Bonchev–Trinajstić information content (AvgIpc) is 2.88. The van der Waals surface area contributed by atoms with Gasteiger partial charge in [-0.25, -0.2) is 0 Å². The van der Waals surface area contributed by atoms with Crippen LogP contribution in [0.5, 0.6) is 5.75 Å². The van der Waals surface area contributed by atoms with Crippen LogP contribution in [0.4, 0.5) is 0 Å². The molecule has 0 aromatic heterocycles. The molecule has 0 bridgehead atoms. The summed E-state index contributed by atoms with van der Waals surface area (Å²) in [5, 5.41) is 3.73. The Hall–Kier alpha value is -1.55. The first kappa shape index (κ1) is 11.9. The highest BCUT2D eigenvalue weighted by molar-refractivity contribution is 5.58. The van der Waals surface area contributed by atoms with Crippen LogP contribution in [-0.2, 0) is 16.2 Å². The second kappa shape index (κ2) is 6.25. The van der Waals surface area contributed by atoms with Gasteiger partial charge < -0.3 is 14.3 Å². The van der Waals surface area contributed by atoms with Gasteiger partial charge in [-0.2, -0.15) is 0 Å². The van der Waals surface area contributed by atoms with Crippen molar-refractivity contribution in [3.63, 3.8) is 0 Å². The molecule has 1 heterocycles. The van der Waals surface area contributed by atoms with Crippen LogP contribution >= 0.6 is 0 Å². The van der Waals surface area contributed by atoms with Crippen LogP contribution in [0.2, 0.25) is 0 Å².